The van der Waals surface area contributed by atoms with Crippen molar-refractivity contribution in [2.24, 2.45) is 0 Å². The molecule has 0 spiro atoms. The second kappa shape index (κ2) is 10.2. The van der Waals surface area contributed by atoms with Crippen LogP contribution in [0.25, 0.3) is 16.4 Å². The number of fused-ring (bicyclic) bond motifs is 2. The molecule has 3 aromatic heterocycles. The summed E-state index contributed by atoms with van der Waals surface area (Å²) in [6, 6.07) is 20.1. The van der Waals surface area contributed by atoms with Gasteiger partial charge in [-0.25, -0.2) is 9.78 Å². The first-order valence-electron chi connectivity index (χ1n) is 12.4. The topological polar surface area (TPSA) is 87.5 Å². The van der Waals surface area contributed by atoms with Crippen molar-refractivity contribution >= 4 is 49.9 Å². The van der Waals surface area contributed by atoms with Gasteiger partial charge in [0.25, 0.3) is 0 Å². The number of anilines is 2. The minimum atomic E-state index is -0.0597. The van der Waals surface area contributed by atoms with Gasteiger partial charge in [-0.3, -0.25) is 4.98 Å². The molecule has 0 aliphatic carbocycles. The number of piperidine rings is 1. The van der Waals surface area contributed by atoms with Gasteiger partial charge in [0, 0.05) is 55.1 Å². The average Bonchev–Trinajstić information content (AvgIpc) is 3.33. The number of urea groups is 1. The van der Waals surface area contributed by atoms with Gasteiger partial charge in [-0.05, 0) is 51.9 Å². The van der Waals surface area contributed by atoms with E-state index >= 15 is 0 Å². The van der Waals surface area contributed by atoms with E-state index in [2.05, 4.69) is 54.8 Å². The van der Waals surface area contributed by atoms with Gasteiger partial charge in [-0.15, -0.1) is 0 Å². The van der Waals surface area contributed by atoms with Crippen molar-refractivity contribution in [2.75, 3.05) is 23.7 Å². The van der Waals surface area contributed by atoms with E-state index in [0.29, 0.717) is 19.6 Å². The third-order valence-corrected chi connectivity index (χ3v) is 7.44. The van der Waals surface area contributed by atoms with Gasteiger partial charge in [-0.2, -0.15) is 9.61 Å². The first-order valence-corrected chi connectivity index (χ1v) is 13.2. The number of nitrogens with one attached hydrogen (secondary N) is 2. The second-order valence-corrected chi connectivity index (χ2v) is 10.1. The number of hydrogen-bond donors (Lipinski definition) is 2. The lowest BCUT2D eigenvalue weighted by atomic mass is 9.93. The van der Waals surface area contributed by atoms with Crippen molar-refractivity contribution in [3.63, 3.8) is 0 Å². The molecule has 0 saturated carbocycles. The number of aromatic nitrogens is 4. The van der Waals surface area contributed by atoms with Crippen LogP contribution < -0.4 is 10.6 Å². The third-order valence-electron chi connectivity index (χ3n) is 6.88. The number of hydrogen-bond acceptors (Lipinski definition) is 5. The van der Waals surface area contributed by atoms with Crippen LogP contribution in [0.1, 0.15) is 30.0 Å². The Kier molecular flexibility index (Phi) is 6.44. The fraction of sp³-hybridized carbons (Fsp3) is 0.214. The first kappa shape index (κ1) is 23.4. The largest absolute Gasteiger partial charge is 0.366 e. The van der Waals surface area contributed by atoms with Gasteiger partial charge in [0.1, 0.15) is 5.82 Å². The van der Waals surface area contributed by atoms with Crippen LogP contribution in [0.15, 0.2) is 83.7 Å². The Bertz CT molecular complexity index is 1560. The summed E-state index contributed by atoms with van der Waals surface area (Å²) in [5.41, 5.74) is 3.72. The summed E-state index contributed by atoms with van der Waals surface area (Å²) in [6.07, 6.45) is 7.08. The molecule has 8 nitrogen and oxygen atoms in total. The maximum atomic E-state index is 13.1. The molecule has 6 rings (SSSR count). The van der Waals surface area contributed by atoms with Crippen LogP contribution in [-0.2, 0) is 6.54 Å². The van der Waals surface area contributed by atoms with Crippen molar-refractivity contribution < 1.29 is 4.79 Å². The van der Waals surface area contributed by atoms with E-state index in [0.717, 1.165) is 56.5 Å². The van der Waals surface area contributed by atoms with E-state index in [4.69, 9.17) is 4.98 Å². The molecule has 1 aliphatic rings. The monoisotopic (exact) mass is 555 g/mol. The molecule has 1 saturated heterocycles. The van der Waals surface area contributed by atoms with E-state index in [1.807, 2.05) is 58.1 Å². The molecule has 2 amide bonds. The predicted molar refractivity (Wildman–Crippen MR) is 149 cm³/mol. The minimum Gasteiger partial charge on any atom is -0.366 e. The maximum absolute atomic E-state index is 13.1. The van der Waals surface area contributed by atoms with Gasteiger partial charge in [0.05, 0.1) is 16.4 Å². The fourth-order valence-corrected chi connectivity index (χ4v) is 5.24. The Morgan fingerprint density at radius 1 is 1.03 bits per heavy atom. The standard InChI is InChI=1S/C28H26BrN7O/c29-23-18-32-36-26(31-17-19-5-4-12-30-16-19)15-25(33-27(23)36)21-10-13-35(14-11-21)28(37)34-24-9-3-7-20-6-1-2-8-22(20)24/h1-9,12,15-16,18,21,31H,10-11,13-14,17H2,(H,34,37). The van der Waals surface area contributed by atoms with E-state index in [1.165, 1.54) is 0 Å². The predicted octanol–water partition coefficient (Wildman–Crippen LogP) is 6.06. The summed E-state index contributed by atoms with van der Waals surface area (Å²) in [4.78, 5) is 24.1. The molecule has 1 aliphatic heterocycles. The molecule has 4 heterocycles. The number of amides is 2. The molecule has 37 heavy (non-hydrogen) atoms. The normalized spacial score (nSPS) is 14.2. The van der Waals surface area contributed by atoms with Gasteiger partial charge >= 0.3 is 6.03 Å². The zero-order valence-electron chi connectivity index (χ0n) is 20.1. The Morgan fingerprint density at radius 2 is 1.86 bits per heavy atom. The van der Waals surface area contributed by atoms with Gasteiger partial charge in [-0.1, -0.05) is 42.5 Å². The SMILES string of the molecule is O=C(Nc1cccc2ccccc12)N1CCC(c2cc(NCc3cccnc3)n3ncc(Br)c3n2)CC1. The highest BCUT2D eigenvalue weighted by Crippen LogP contribution is 2.31. The van der Waals surface area contributed by atoms with Crippen LogP contribution in [0.3, 0.4) is 0 Å². The Labute approximate surface area is 222 Å². The number of nitrogens with zero attached hydrogens (tertiary/aromatic N) is 5. The van der Waals surface area contributed by atoms with Gasteiger partial charge in [0.15, 0.2) is 5.65 Å². The van der Waals surface area contributed by atoms with Gasteiger partial charge in [0.2, 0.25) is 0 Å². The second-order valence-electron chi connectivity index (χ2n) is 9.23. The van der Waals surface area contributed by atoms with E-state index in [1.54, 1.807) is 12.4 Å². The highest BCUT2D eigenvalue weighted by molar-refractivity contribution is 9.10. The van der Waals surface area contributed by atoms with Crippen molar-refractivity contribution in [1.29, 1.82) is 0 Å². The number of likely N-dealkylation sites (tertiary alicyclic amines) is 1. The third kappa shape index (κ3) is 4.86. The smallest absolute Gasteiger partial charge is 0.321 e. The molecular formula is C28H26BrN7O. The average molecular weight is 556 g/mol. The number of rotatable bonds is 5. The van der Waals surface area contributed by atoms with E-state index in [-0.39, 0.29) is 11.9 Å². The van der Waals surface area contributed by atoms with Crippen LogP contribution in [0, 0.1) is 0 Å². The number of pyridine rings is 1. The highest BCUT2D eigenvalue weighted by atomic mass is 79.9. The van der Waals surface area contributed by atoms with Crippen LogP contribution in [-0.4, -0.2) is 43.6 Å². The van der Waals surface area contributed by atoms with Crippen molar-refractivity contribution in [1.82, 2.24) is 24.5 Å². The molecule has 0 atom stereocenters. The summed E-state index contributed by atoms with van der Waals surface area (Å²) in [6.45, 7) is 1.98. The number of benzene rings is 2. The van der Waals surface area contributed by atoms with Crippen LogP contribution >= 0.6 is 15.9 Å². The summed E-state index contributed by atoms with van der Waals surface area (Å²) >= 11 is 3.59. The summed E-state index contributed by atoms with van der Waals surface area (Å²) in [5.74, 6) is 1.14. The molecule has 2 aromatic carbocycles. The molecule has 0 unspecified atom stereocenters. The number of halogens is 1. The van der Waals surface area contributed by atoms with E-state index < -0.39 is 0 Å². The number of carbonyl (C=O) groups excluding carboxylic acids is 1. The molecule has 2 N–H and O–H groups in total. The zero-order chi connectivity index (χ0) is 25.2. The van der Waals surface area contributed by atoms with Crippen molar-refractivity contribution in [2.45, 2.75) is 25.3 Å². The Morgan fingerprint density at radius 3 is 2.70 bits per heavy atom. The first-order chi connectivity index (χ1) is 18.2. The zero-order valence-corrected chi connectivity index (χ0v) is 21.7. The molecule has 0 bridgehead atoms. The number of carbonyl (C=O) groups is 1. The molecular weight excluding hydrogens is 530 g/mol. The Balaban J connectivity index is 1.16. The molecule has 5 aromatic rings. The quantitative estimate of drug-likeness (QED) is 0.275. The van der Waals surface area contributed by atoms with E-state index in [9.17, 15) is 4.79 Å². The van der Waals surface area contributed by atoms with Crippen molar-refractivity contribution in [3.05, 3.63) is 95.0 Å². The molecule has 1 fully saturated rings. The van der Waals surface area contributed by atoms with Crippen LogP contribution in [0.4, 0.5) is 16.3 Å². The van der Waals surface area contributed by atoms with Crippen molar-refractivity contribution in [3.8, 4) is 0 Å². The molecule has 0 radical (unpaired) electrons. The molecule has 186 valence electrons. The fourth-order valence-electron chi connectivity index (χ4n) is 4.89. The lowest BCUT2D eigenvalue weighted by Gasteiger charge is -2.32. The Hall–Kier alpha value is -3.98. The minimum absolute atomic E-state index is 0.0597. The lowest BCUT2D eigenvalue weighted by Crippen LogP contribution is -2.40. The summed E-state index contributed by atoms with van der Waals surface area (Å²) in [5, 5.41) is 13.2. The van der Waals surface area contributed by atoms with Gasteiger partial charge < -0.3 is 15.5 Å². The molecule has 9 heteroatoms. The van der Waals surface area contributed by atoms with Crippen LogP contribution in [0.5, 0.6) is 0 Å². The van der Waals surface area contributed by atoms with Crippen LogP contribution in [0.2, 0.25) is 0 Å². The lowest BCUT2D eigenvalue weighted by molar-refractivity contribution is 0.194. The highest BCUT2D eigenvalue weighted by Gasteiger charge is 2.26. The summed E-state index contributed by atoms with van der Waals surface area (Å²) < 4.78 is 2.67. The summed E-state index contributed by atoms with van der Waals surface area (Å²) in [7, 11) is 0. The maximum Gasteiger partial charge on any atom is 0.321 e.